The van der Waals surface area contributed by atoms with Crippen LogP contribution >= 0.6 is 0 Å². The third-order valence-corrected chi connectivity index (χ3v) is 7.39. The lowest BCUT2D eigenvalue weighted by Gasteiger charge is -2.45. The minimum absolute atomic E-state index is 0.0561. The summed E-state index contributed by atoms with van der Waals surface area (Å²) in [6.45, 7) is -1.68. The highest BCUT2D eigenvalue weighted by atomic mass is 16.8. The van der Waals surface area contributed by atoms with Crippen LogP contribution in [-0.4, -0.2) is 131 Å². The van der Waals surface area contributed by atoms with Crippen LogP contribution in [0.4, 0.5) is 0 Å². The Labute approximate surface area is 246 Å². The molecule has 0 radical (unpaired) electrons. The molecule has 1 aromatic heterocycles. The number of ether oxygens (including phenoxy) is 4. The van der Waals surface area contributed by atoms with Crippen molar-refractivity contribution in [2.45, 2.75) is 61.4 Å². The van der Waals surface area contributed by atoms with Gasteiger partial charge < -0.3 is 79.5 Å². The molecule has 0 unspecified atom stereocenters. The van der Waals surface area contributed by atoms with Crippen LogP contribution in [0, 0.1) is 0 Å². The van der Waals surface area contributed by atoms with E-state index in [1.54, 1.807) is 0 Å². The lowest BCUT2D eigenvalue weighted by molar-refractivity contribution is -0.358. The predicted octanol–water partition coefficient (Wildman–Crippen LogP) is -2.71. The number of phenols is 4. The summed E-state index contributed by atoms with van der Waals surface area (Å²) >= 11 is 0. The molecule has 10 atom stereocenters. The lowest BCUT2D eigenvalue weighted by atomic mass is 9.97. The zero-order valence-electron chi connectivity index (χ0n) is 22.4. The molecule has 5 rings (SSSR count). The highest BCUT2D eigenvalue weighted by molar-refractivity contribution is 5.93. The predicted molar refractivity (Wildman–Crippen MR) is 142 cm³/mol. The van der Waals surface area contributed by atoms with Crippen LogP contribution in [0.5, 0.6) is 28.7 Å². The van der Waals surface area contributed by atoms with Gasteiger partial charge in [-0.2, -0.15) is 0 Å². The van der Waals surface area contributed by atoms with Crippen molar-refractivity contribution in [2.24, 2.45) is 0 Å². The molecule has 0 bridgehead atoms. The second-order valence-corrected chi connectivity index (χ2v) is 10.2. The van der Waals surface area contributed by atoms with Gasteiger partial charge >= 0.3 is 0 Å². The van der Waals surface area contributed by atoms with Gasteiger partial charge in [0.05, 0.1) is 13.2 Å². The van der Waals surface area contributed by atoms with Gasteiger partial charge in [-0.3, -0.25) is 4.79 Å². The van der Waals surface area contributed by atoms with Crippen molar-refractivity contribution in [1.29, 1.82) is 0 Å². The van der Waals surface area contributed by atoms with Crippen molar-refractivity contribution in [3.63, 3.8) is 0 Å². The summed E-state index contributed by atoms with van der Waals surface area (Å²) in [5.74, 6) is -3.92. The van der Waals surface area contributed by atoms with E-state index in [4.69, 9.17) is 23.4 Å². The van der Waals surface area contributed by atoms with E-state index in [1.165, 1.54) is 24.3 Å². The van der Waals surface area contributed by atoms with Crippen molar-refractivity contribution in [1.82, 2.24) is 0 Å². The molecule has 44 heavy (non-hydrogen) atoms. The van der Waals surface area contributed by atoms with E-state index >= 15 is 0 Å². The van der Waals surface area contributed by atoms with Crippen LogP contribution in [0.25, 0.3) is 22.3 Å². The van der Waals surface area contributed by atoms with Crippen LogP contribution in [0.1, 0.15) is 0 Å². The Bertz CT molecular complexity index is 1540. The zero-order chi connectivity index (χ0) is 32.0. The van der Waals surface area contributed by atoms with E-state index in [0.717, 1.165) is 0 Å². The minimum atomic E-state index is -1.97. The number of benzene rings is 2. The normalized spacial score (nSPS) is 32.5. The third kappa shape index (κ3) is 5.50. The number of rotatable bonds is 7. The van der Waals surface area contributed by atoms with Gasteiger partial charge in [0.1, 0.15) is 59.6 Å². The fraction of sp³-hybridized carbons (Fsp3) is 0.444. The summed E-state index contributed by atoms with van der Waals surface area (Å²) in [6, 6.07) is 5.67. The van der Waals surface area contributed by atoms with E-state index in [0.29, 0.717) is 6.07 Å². The van der Waals surface area contributed by atoms with Crippen LogP contribution < -0.4 is 10.2 Å². The van der Waals surface area contributed by atoms with Gasteiger partial charge in [-0.25, -0.2) is 0 Å². The maximum Gasteiger partial charge on any atom is 0.239 e. The molecule has 0 spiro atoms. The van der Waals surface area contributed by atoms with Gasteiger partial charge in [0.25, 0.3) is 0 Å². The second kappa shape index (κ2) is 12.3. The van der Waals surface area contributed by atoms with Gasteiger partial charge in [-0.05, 0) is 24.3 Å². The Morgan fingerprint density at radius 3 is 1.93 bits per heavy atom. The monoisotopic (exact) mass is 626 g/mol. The molecule has 2 fully saturated rings. The van der Waals surface area contributed by atoms with E-state index in [-0.39, 0.29) is 11.3 Å². The molecular weight excluding hydrogens is 596 g/mol. The average molecular weight is 627 g/mol. The summed E-state index contributed by atoms with van der Waals surface area (Å²) in [7, 11) is 0. The number of fused-ring (bicyclic) bond motifs is 1. The van der Waals surface area contributed by atoms with Gasteiger partial charge in [0, 0.05) is 11.6 Å². The van der Waals surface area contributed by atoms with Crippen molar-refractivity contribution in [3.05, 3.63) is 40.6 Å². The number of aliphatic hydroxyl groups excluding tert-OH is 7. The fourth-order valence-corrected chi connectivity index (χ4v) is 4.96. The Hall–Kier alpha value is -3.75. The van der Waals surface area contributed by atoms with Crippen LogP contribution in [0.2, 0.25) is 0 Å². The summed E-state index contributed by atoms with van der Waals surface area (Å²) in [6.07, 6.45) is -18.0. The van der Waals surface area contributed by atoms with Gasteiger partial charge in [-0.1, -0.05) is 0 Å². The average Bonchev–Trinajstić information content (AvgIpc) is 3.00. The molecule has 0 aliphatic carbocycles. The largest absolute Gasteiger partial charge is 0.508 e. The Balaban J connectivity index is 1.62. The zero-order valence-corrected chi connectivity index (χ0v) is 22.4. The molecule has 2 aliphatic heterocycles. The van der Waals surface area contributed by atoms with Crippen molar-refractivity contribution in [3.8, 4) is 40.1 Å². The topological polar surface area (TPSA) is 290 Å². The maximum atomic E-state index is 13.8. The standard InChI is InChI=1S/C27H30O17/c28-6-12-16(34)19(37)21(39)26(40-12)44-25-20(38)17(35)13(7-29)41-27(25)43-24-18(36)14-10(31)5-11(32)15(33)23(14)42-22(24)8-1-3-9(30)4-2-8/h1-5,12-13,16-17,19-21,25-35,37-39H,6-7H2/t12-,13-,16-,17-,19+,20+,21-,25-,26+,27-/m1/s1. The van der Waals surface area contributed by atoms with Crippen molar-refractivity contribution in [2.75, 3.05) is 13.2 Å². The quantitative estimate of drug-likeness (QED) is 0.0938. The summed E-state index contributed by atoms with van der Waals surface area (Å²) in [5, 5.41) is 111. The first-order valence-corrected chi connectivity index (χ1v) is 13.2. The summed E-state index contributed by atoms with van der Waals surface area (Å²) in [5.41, 5.74) is -1.73. The molecule has 17 heteroatoms. The Morgan fingerprint density at radius 2 is 1.32 bits per heavy atom. The van der Waals surface area contributed by atoms with Crippen LogP contribution in [0.15, 0.2) is 39.5 Å². The molecule has 3 heterocycles. The molecule has 2 aromatic carbocycles. The summed E-state index contributed by atoms with van der Waals surface area (Å²) < 4.78 is 28.1. The molecule has 17 nitrogen and oxygen atoms in total. The lowest BCUT2D eigenvalue weighted by Crippen LogP contribution is -2.65. The van der Waals surface area contributed by atoms with E-state index in [9.17, 15) is 61.0 Å². The number of aromatic hydroxyl groups is 4. The van der Waals surface area contributed by atoms with Gasteiger partial charge in [0.2, 0.25) is 23.2 Å². The van der Waals surface area contributed by atoms with Crippen LogP contribution in [0.3, 0.4) is 0 Å². The Kier molecular flexibility index (Phi) is 8.87. The molecule has 0 saturated carbocycles. The smallest absolute Gasteiger partial charge is 0.239 e. The number of hydrogen-bond donors (Lipinski definition) is 11. The fourth-order valence-electron chi connectivity index (χ4n) is 4.96. The van der Waals surface area contributed by atoms with E-state index < -0.39 is 120 Å². The highest BCUT2D eigenvalue weighted by Gasteiger charge is 2.51. The van der Waals surface area contributed by atoms with Gasteiger partial charge in [-0.15, -0.1) is 0 Å². The molecule has 240 valence electrons. The molecule has 11 N–H and O–H groups in total. The van der Waals surface area contributed by atoms with Gasteiger partial charge in [0.15, 0.2) is 29.5 Å². The van der Waals surface area contributed by atoms with E-state index in [2.05, 4.69) is 0 Å². The van der Waals surface area contributed by atoms with E-state index in [1.807, 2.05) is 0 Å². The third-order valence-electron chi connectivity index (χ3n) is 7.39. The number of phenolic OH excluding ortho intramolecular Hbond substituents is 4. The Morgan fingerprint density at radius 1 is 0.727 bits per heavy atom. The summed E-state index contributed by atoms with van der Waals surface area (Å²) in [4.78, 5) is 13.8. The second-order valence-electron chi connectivity index (χ2n) is 10.2. The molecule has 2 aliphatic rings. The van der Waals surface area contributed by atoms with Crippen LogP contribution in [-0.2, 0) is 14.2 Å². The molecule has 3 aromatic rings. The van der Waals surface area contributed by atoms with Crippen molar-refractivity contribution >= 4 is 11.0 Å². The molecule has 2 saturated heterocycles. The first kappa shape index (κ1) is 31.7. The SMILES string of the molecule is O=c1c(O[C@H]2O[C@H](CO)[C@@H](O)[C@H](O)[C@H]2O[C@@H]2O[C@H](CO)[C@@H](O)[C@H](O)[C@H]2O)c(-c2ccc(O)cc2)oc2c(O)c(O)cc(O)c12. The number of aliphatic hydroxyl groups is 7. The first-order chi connectivity index (χ1) is 20.9. The number of hydrogen-bond acceptors (Lipinski definition) is 17. The van der Waals surface area contributed by atoms with Crippen molar-refractivity contribution < 1.29 is 79.5 Å². The maximum absolute atomic E-state index is 13.8. The minimum Gasteiger partial charge on any atom is -0.508 e. The first-order valence-electron chi connectivity index (χ1n) is 13.2. The molecule has 0 amide bonds. The molecular formula is C27H30O17. The highest BCUT2D eigenvalue weighted by Crippen LogP contribution is 2.43.